The van der Waals surface area contributed by atoms with Crippen LogP contribution in [0.3, 0.4) is 0 Å². The number of hydrogen-bond acceptors (Lipinski definition) is 8. The van der Waals surface area contributed by atoms with Gasteiger partial charge in [-0.25, -0.2) is 19.3 Å². The molecule has 2 aromatic heterocycles. The lowest BCUT2D eigenvalue weighted by Crippen LogP contribution is -2.45. The van der Waals surface area contributed by atoms with Crippen molar-refractivity contribution in [3.05, 3.63) is 29.2 Å². The lowest BCUT2D eigenvalue weighted by molar-refractivity contribution is -0.00535. The highest BCUT2D eigenvalue weighted by molar-refractivity contribution is 6.33. The third kappa shape index (κ3) is 4.74. The van der Waals surface area contributed by atoms with E-state index < -0.39 is 5.82 Å². The van der Waals surface area contributed by atoms with Gasteiger partial charge in [-0.05, 0) is 52.3 Å². The monoisotopic (exact) mass is 517 g/mol. The van der Waals surface area contributed by atoms with Gasteiger partial charge in [0.25, 0.3) is 0 Å². The van der Waals surface area contributed by atoms with Crippen molar-refractivity contribution in [1.82, 2.24) is 24.4 Å². The number of fused-ring (bicyclic) bond motifs is 3. The molecule has 36 heavy (non-hydrogen) atoms. The lowest BCUT2D eigenvalue weighted by atomic mass is 10.1. The summed E-state index contributed by atoms with van der Waals surface area (Å²) >= 11 is 6.26. The number of piperazine rings is 1. The van der Waals surface area contributed by atoms with E-state index in [1.54, 1.807) is 0 Å². The zero-order chi connectivity index (χ0) is 25.6. The number of halogens is 2. The van der Waals surface area contributed by atoms with Crippen LogP contribution in [0.4, 0.5) is 16.3 Å². The van der Waals surface area contributed by atoms with E-state index in [9.17, 15) is 0 Å². The van der Waals surface area contributed by atoms with Gasteiger partial charge in [0.15, 0.2) is 5.82 Å². The Hall–Kier alpha value is -2.53. The number of nitrogen functional groups attached to an aromatic ring is 1. The topological polar surface area (TPSA) is 106 Å². The van der Waals surface area contributed by atoms with Crippen molar-refractivity contribution in [2.45, 2.75) is 57.3 Å². The van der Waals surface area contributed by atoms with Crippen LogP contribution in [-0.4, -0.2) is 81.1 Å². The quantitative estimate of drug-likeness (QED) is 0.544. The maximum atomic E-state index is 15.1. The first-order valence-electron chi connectivity index (χ1n) is 12.5. The van der Waals surface area contributed by atoms with Crippen LogP contribution in [0.15, 0.2) is 18.3 Å². The maximum absolute atomic E-state index is 15.1. The molecule has 0 spiro atoms. The van der Waals surface area contributed by atoms with Gasteiger partial charge in [-0.15, -0.1) is 0 Å². The van der Waals surface area contributed by atoms with Gasteiger partial charge in [-0.2, -0.15) is 0 Å². The molecule has 3 unspecified atom stereocenters. The van der Waals surface area contributed by atoms with E-state index in [2.05, 4.69) is 45.2 Å². The maximum Gasteiger partial charge on any atom is 0.220 e. The first kappa shape index (κ1) is 25.1. The van der Waals surface area contributed by atoms with Crippen molar-refractivity contribution in [3.63, 3.8) is 0 Å². The van der Waals surface area contributed by atoms with Gasteiger partial charge in [0.2, 0.25) is 11.9 Å². The van der Waals surface area contributed by atoms with Gasteiger partial charge in [-0.3, -0.25) is 4.90 Å². The van der Waals surface area contributed by atoms with Crippen molar-refractivity contribution < 1.29 is 14.2 Å². The second kappa shape index (κ2) is 10.1. The Bertz CT molecular complexity index is 1240. The smallest absolute Gasteiger partial charge is 0.220 e. The molecule has 11 heteroatoms. The van der Waals surface area contributed by atoms with Crippen molar-refractivity contribution >= 4 is 34.5 Å². The third-order valence-electron chi connectivity index (χ3n) is 7.19. The molecule has 3 aromatic rings. The number of nitrogens with two attached hydrogens (primary N) is 1. The minimum absolute atomic E-state index is 0.0974. The van der Waals surface area contributed by atoms with Crippen LogP contribution in [0.25, 0.3) is 22.3 Å². The van der Waals surface area contributed by atoms with E-state index in [1.807, 2.05) is 6.07 Å². The largest absolute Gasteiger partial charge is 0.391 e. The molecule has 3 N–H and O–H groups in total. The molecule has 3 saturated heterocycles. The summed E-state index contributed by atoms with van der Waals surface area (Å²) in [6.07, 6.45) is 4.31. The number of benzene rings is 1. The highest BCUT2D eigenvalue weighted by Gasteiger charge is 2.43. The van der Waals surface area contributed by atoms with E-state index in [0.717, 1.165) is 50.4 Å². The van der Waals surface area contributed by atoms with Gasteiger partial charge in [0.05, 0.1) is 35.1 Å². The summed E-state index contributed by atoms with van der Waals surface area (Å²) in [5.41, 5.74) is 7.80. The van der Waals surface area contributed by atoms with Crippen molar-refractivity contribution in [3.8, 4) is 11.3 Å². The Balaban J connectivity index is 0.000000330. The van der Waals surface area contributed by atoms with E-state index in [-0.39, 0.29) is 18.1 Å². The lowest BCUT2D eigenvalue weighted by Gasteiger charge is -2.33. The Labute approximate surface area is 215 Å². The summed E-state index contributed by atoms with van der Waals surface area (Å²) in [7, 11) is 2.16. The van der Waals surface area contributed by atoms with Gasteiger partial charge in [0, 0.05) is 43.4 Å². The molecular formula is C25H33ClFN7O2. The number of ether oxygens (including phenoxy) is 1. The predicted octanol–water partition coefficient (Wildman–Crippen LogP) is 3.50. The number of aliphatic hydroxyl groups is 1. The highest BCUT2D eigenvalue weighted by Crippen LogP contribution is 2.38. The standard InChI is InChI=1S/C20H23ClFN7.C5H10O2/c1-10(2)29-16-5-11(17-14(21)7-24-19(23)25-17)4-15(22)18(16)26-20(29)28-9-12-6-13(28)8-27(12)3;6-5-2-1-3-7-4-5/h4-5,7,10,12-13H,6,8-9H2,1-3H3,(H2,23,24,25);5-6H,1-4H2. The summed E-state index contributed by atoms with van der Waals surface area (Å²) in [6, 6.07) is 4.37. The summed E-state index contributed by atoms with van der Waals surface area (Å²) in [6.45, 7) is 7.48. The number of hydrogen-bond donors (Lipinski definition) is 2. The Morgan fingerprint density at radius 3 is 2.61 bits per heavy atom. The van der Waals surface area contributed by atoms with E-state index in [4.69, 9.17) is 32.2 Å². The number of likely N-dealkylation sites (tertiary alicyclic amines) is 1. The first-order chi connectivity index (χ1) is 17.2. The molecule has 3 aliphatic heterocycles. The van der Waals surface area contributed by atoms with E-state index >= 15 is 4.39 Å². The zero-order valence-corrected chi connectivity index (χ0v) is 21.6. The van der Waals surface area contributed by atoms with Crippen LogP contribution in [0.1, 0.15) is 39.2 Å². The number of aliphatic hydroxyl groups excluding tert-OH is 1. The molecule has 0 radical (unpaired) electrons. The molecule has 0 aliphatic carbocycles. The number of nitrogens with zero attached hydrogens (tertiary/aromatic N) is 6. The Morgan fingerprint density at radius 1 is 1.22 bits per heavy atom. The minimum atomic E-state index is -0.395. The van der Waals surface area contributed by atoms with E-state index in [0.29, 0.717) is 40.5 Å². The number of rotatable bonds is 3. The average molecular weight is 518 g/mol. The van der Waals surface area contributed by atoms with Crippen LogP contribution in [0.2, 0.25) is 5.02 Å². The second-order valence-corrected chi connectivity index (χ2v) is 10.5. The Kier molecular flexibility index (Phi) is 7.04. The fourth-order valence-corrected chi connectivity index (χ4v) is 5.61. The molecule has 3 aliphatic rings. The van der Waals surface area contributed by atoms with Gasteiger partial charge < -0.3 is 25.0 Å². The number of anilines is 2. The van der Waals surface area contributed by atoms with Crippen LogP contribution in [-0.2, 0) is 4.74 Å². The second-order valence-electron chi connectivity index (χ2n) is 10.1. The van der Waals surface area contributed by atoms with Crippen LogP contribution in [0.5, 0.6) is 0 Å². The normalized spacial score (nSPS) is 24.0. The van der Waals surface area contributed by atoms with Crippen molar-refractivity contribution in [2.24, 2.45) is 0 Å². The molecule has 6 rings (SSSR count). The molecule has 194 valence electrons. The molecular weight excluding hydrogens is 485 g/mol. The average Bonchev–Trinajstić information content (AvgIpc) is 3.53. The molecule has 2 bridgehead atoms. The fraction of sp³-hybridized carbons (Fsp3) is 0.560. The van der Waals surface area contributed by atoms with Crippen molar-refractivity contribution in [1.29, 1.82) is 0 Å². The molecule has 0 saturated carbocycles. The number of likely N-dealkylation sites (N-methyl/N-ethyl adjacent to an activating group) is 1. The summed E-state index contributed by atoms with van der Waals surface area (Å²) in [5.74, 6) is 0.535. The van der Waals surface area contributed by atoms with Gasteiger partial charge >= 0.3 is 0 Å². The summed E-state index contributed by atoms with van der Waals surface area (Å²) < 4.78 is 22.2. The zero-order valence-electron chi connectivity index (χ0n) is 20.9. The van der Waals surface area contributed by atoms with Gasteiger partial charge in [0.1, 0.15) is 5.52 Å². The minimum Gasteiger partial charge on any atom is -0.391 e. The van der Waals surface area contributed by atoms with Crippen LogP contribution < -0.4 is 10.6 Å². The van der Waals surface area contributed by atoms with Crippen molar-refractivity contribution in [2.75, 3.05) is 44.0 Å². The first-order valence-corrected chi connectivity index (χ1v) is 12.8. The Morgan fingerprint density at radius 2 is 2.03 bits per heavy atom. The fourth-order valence-electron chi connectivity index (χ4n) is 5.41. The molecule has 3 atom stereocenters. The van der Waals surface area contributed by atoms with E-state index in [1.165, 1.54) is 12.3 Å². The third-order valence-corrected chi connectivity index (χ3v) is 7.47. The molecule has 0 amide bonds. The predicted molar refractivity (Wildman–Crippen MR) is 139 cm³/mol. The molecule has 1 aromatic carbocycles. The SMILES string of the molecule is CC(C)n1c(N2CC3CC2CN3C)nc2c(F)cc(-c3nc(N)ncc3Cl)cc21.OC1CCCOC1. The highest BCUT2D eigenvalue weighted by atomic mass is 35.5. The molecule has 3 fully saturated rings. The van der Waals surface area contributed by atoms with Crippen LogP contribution in [0, 0.1) is 5.82 Å². The van der Waals surface area contributed by atoms with Crippen LogP contribution >= 0.6 is 11.6 Å². The summed E-state index contributed by atoms with van der Waals surface area (Å²) in [5, 5.41) is 9.11. The van der Waals surface area contributed by atoms with Gasteiger partial charge in [-0.1, -0.05) is 11.6 Å². The molecule has 5 heterocycles. The number of imidazole rings is 1. The molecule has 9 nitrogen and oxygen atoms in total. The number of aromatic nitrogens is 4. The summed E-state index contributed by atoms with van der Waals surface area (Å²) in [4.78, 5) is 17.6.